The van der Waals surface area contributed by atoms with Gasteiger partial charge in [-0.3, -0.25) is 4.79 Å². The number of nitrogens with zero attached hydrogens (tertiary/aromatic N) is 1. The summed E-state index contributed by atoms with van der Waals surface area (Å²) >= 11 is 0. The molecule has 0 saturated heterocycles. The van der Waals surface area contributed by atoms with E-state index in [-0.39, 0.29) is 17.5 Å². The highest BCUT2D eigenvalue weighted by atomic mass is 19.3. The summed E-state index contributed by atoms with van der Waals surface area (Å²) < 4.78 is 28.2. The Morgan fingerprint density at radius 1 is 1.31 bits per heavy atom. The summed E-state index contributed by atoms with van der Waals surface area (Å²) in [4.78, 5) is 14.2. The third kappa shape index (κ3) is 4.04. The van der Waals surface area contributed by atoms with Crippen molar-refractivity contribution in [3.8, 4) is 0 Å². The average molecular weight is 440 g/mol. The fourth-order valence-corrected chi connectivity index (χ4v) is 4.48. The van der Waals surface area contributed by atoms with Gasteiger partial charge in [-0.25, -0.2) is 8.78 Å². The number of aryl methyl sites for hydroxylation is 1. The second-order valence-corrected chi connectivity index (χ2v) is 8.15. The minimum atomic E-state index is -2.68. The molecule has 1 atom stereocenters. The third-order valence-electron chi connectivity index (χ3n) is 5.86. The lowest BCUT2D eigenvalue weighted by Crippen LogP contribution is -2.27. The summed E-state index contributed by atoms with van der Waals surface area (Å²) in [5, 5.41) is 16.9. The van der Waals surface area contributed by atoms with Crippen LogP contribution >= 0.6 is 0 Å². The summed E-state index contributed by atoms with van der Waals surface area (Å²) in [7, 11) is 1.68. The Morgan fingerprint density at radius 2 is 2.12 bits per heavy atom. The molecule has 2 aromatic carbocycles. The number of para-hydroxylation sites is 1. The van der Waals surface area contributed by atoms with Gasteiger partial charge in [-0.1, -0.05) is 6.07 Å². The van der Waals surface area contributed by atoms with Crippen LogP contribution in [0.1, 0.15) is 42.9 Å². The van der Waals surface area contributed by atoms with Crippen LogP contribution in [0.5, 0.6) is 0 Å². The van der Waals surface area contributed by atoms with E-state index in [0.717, 1.165) is 41.7 Å². The highest BCUT2D eigenvalue weighted by molar-refractivity contribution is 6.09. The first-order valence-electron chi connectivity index (χ1n) is 10.7. The average Bonchev–Trinajstić information content (AvgIpc) is 2.92. The molecular formula is C24H27F2N5O. The number of alkyl halides is 2. The van der Waals surface area contributed by atoms with Crippen molar-refractivity contribution in [2.75, 3.05) is 29.1 Å². The Balaban J connectivity index is 1.86. The Kier molecular flexibility index (Phi) is 6.12. The number of hydrogen-bond acceptors (Lipinski definition) is 5. The molecule has 2 heterocycles. The molecule has 0 bridgehead atoms. The lowest BCUT2D eigenvalue weighted by atomic mass is 9.92. The molecule has 0 fully saturated rings. The number of nitrogens with one attached hydrogen (secondary N) is 4. The minimum absolute atomic E-state index is 0.0532. The number of halogens is 2. The van der Waals surface area contributed by atoms with Crippen molar-refractivity contribution in [3.05, 3.63) is 53.2 Å². The molecule has 2 aliphatic heterocycles. The first kappa shape index (κ1) is 21.8. The minimum Gasteiger partial charge on any atom is -0.393 e. The van der Waals surface area contributed by atoms with Gasteiger partial charge in [0.05, 0.1) is 17.1 Å². The quantitative estimate of drug-likeness (QED) is 0.491. The van der Waals surface area contributed by atoms with Crippen molar-refractivity contribution >= 4 is 40.4 Å². The van der Waals surface area contributed by atoms with Gasteiger partial charge in [0, 0.05) is 55.3 Å². The molecule has 1 amide bonds. The summed E-state index contributed by atoms with van der Waals surface area (Å²) in [6.45, 7) is 2.63. The number of allylic oxidation sites excluding steroid dienone is 1. The van der Waals surface area contributed by atoms with Gasteiger partial charge in [-0.05, 0) is 55.2 Å². The topological polar surface area (TPSA) is 80.2 Å². The number of anilines is 4. The van der Waals surface area contributed by atoms with Gasteiger partial charge >= 0.3 is 0 Å². The maximum Gasteiger partial charge on any atom is 0.264 e. The highest BCUT2D eigenvalue weighted by Gasteiger charge is 2.28. The predicted octanol–water partition coefficient (Wildman–Crippen LogP) is 5.06. The fourth-order valence-electron chi connectivity index (χ4n) is 4.48. The lowest BCUT2D eigenvalue weighted by Gasteiger charge is -2.34. The highest BCUT2D eigenvalue weighted by Crippen LogP contribution is 2.44. The zero-order chi connectivity index (χ0) is 22.8. The molecule has 4 rings (SSSR count). The molecular weight excluding hydrogens is 412 g/mol. The van der Waals surface area contributed by atoms with E-state index in [0.29, 0.717) is 29.8 Å². The number of rotatable bonds is 5. The van der Waals surface area contributed by atoms with E-state index in [1.165, 1.54) is 0 Å². The monoisotopic (exact) mass is 439 g/mol. The normalized spacial score (nSPS) is 18.3. The van der Waals surface area contributed by atoms with E-state index in [2.05, 4.69) is 20.9 Å². The van der Waals surface area contributed by atoms with E-state index < -0.39 is 6.43 Å². The van der Waals surface area contributed by atoms with Gasteiger partial charge in [0.15, 0.2) is 0 Å². The first-order valence-corrected chi connectivity index (χ1v) is 10.7. The standard InChI is InChI=1S/C24H27F2N5O/c1-14-9-22(32)30-19-6-3-7-20(23(19)29-14)31-8-4-5-15-10-17(16(12-27)13-28-2)18(24(25)26)11-21(15)31/h3,6-7,10-14,24,27-29H,4-5,8-9H2,1-2H3,(H,30,32)/b16-13+,27-12?. The second-order valence-electron chi connectivity index (χ2n) is 8.15. The van der Waals surface area contributed by atoms with Crippen molar-refractivity contribution in [2.45, 2.75) is 38.7 Å². The zero-order valence-corrected chi connectivity index (χ0v) is 18.1. The van der Waals surface area contributed by atoms with Crippen molar-refractivity contribution in [2.24, 2.45) is 0 Å². The van der Waals surface area contributed by atoms with Gasteiger partial charge in [0.25, 0.3) is 6.43 Å². The molecule has 2 aromatic rings. The van der Waals surface area contributed by atoms with E-state index >= 15 is 0 Å². The number of hydrogen-bond donors (Lipinski definition) is 4. The molecule has 0 saturated carbocycles. The van der Waals surface area contributed by atoms with Crippen LogP contribution in [0.3, 0.4) is 0 Å². The third-order valence-corrected chi connectivity index (χ3v) is 5.86. The Bertz CT molecular complexity index is 1080. The fraction of sp³-hybridized carbons (Fsp3) is 0.333. The van der Waals surface area contributed by atoms with Gasteiger partial charge in [0.2, 0.25) is 5.91 Å². The molecule has 6 nitrogen and oxygen atoms in total. The van der Waals surface area contributed by atoms with Gasteiger partial charge < -0.3 is 26.3 Å². The van der Waals surface area contributed by atoms with Crippen molar-refractivity contribution in [1.82, 2.24) is 5.32 Å². The second kappa shape index (κ2) is 8.98. The number of amides is 1. The number of carbonyl (C=O) groups is 1. The lowest BCUT2D eigenvalue weighted by molar-refractivity contribution is -0.116. The molecule has 0 aromatic heterocycles. The van der Waals surface area contributed by atoms with Gasteiger partial charge in [0.1, 0.15) is 0 Å². The maximum atomic E-state index is 14.1. The zero-order valence-electron chi connectivity index (χ0n) is 18.1. The maximum absolute atomic E-state index is 14.1. The van der Waals surface area contributed by atoms with Crippen LogP contribution in [0.4, 0.5) is 31.5 Å². The van der Waals surface area contributed by atoms with Crippen LogP contribution in [0.25, 0.3) is 5.57 Å². The first-order chi connectivity index (χ1) is 15.4. The van der Waals surface area contributed by atoms with E-state index in [1.54, 1.807) is 25.4 Å². The van der Waals surface area contributed by atoms with E-state index in [4.69, 9.17) is 5.41 Å². The molecule has 1 unspecified atom stereocenters. The summed E-state index contributed by atoms with van der Waals surface area (Å²) in [5.74, 6) is -0.0555. The van der Waals surface area contributed by atoms with Crippen molar-refractivity contribution in [3.63, 3.8) is 0 Å². The number of benzene rings is 2. The molecule has 0 aliphatic carbocycles. The van der Waals surface area contributed by atoms with Crippen LogP contribution in [0.2, 0.25) is 0 Å². The Hall–Kier alpha value is -3.42. The molecule has 8 heteroatoms. The smallest absolute Gasteiger partial charge is 0.264 e. The van der Waals surface area contributed by atoms with E-state index in [9.17, 15) is 13.6 Å². The van der Waals surface area contributed by atoms with Gasteiger partial charge in [-0.15, -0.1) is 0 Å². The molecule has 0 spiro atoms. The summed E-state index contributed by atoms with van der Waals surface area (Å²) in [6.07, 6.45) is 1.96. The Morgan fingerprint density at radius 3 is 2.84 bits per heavy atom. The largest absolute Gasteiger partial charge is 0.393 e. The molecule has 32 heavy (non-hydrogen) atoms. The summed E-state index contributed by atoms with van der Waals surface area (Å²) in [5.41, 5.74) is 4.73. The van der Waals surface area contributed by atoms with Gasteiger partial charge in [-0.2, -0.15) is 0 Å². The van der Waals surface area contributed by atoms with Crippen molar-refractivity contribution in [1.29, 1.82) is 5.41 Å². The molecule has 0 radical (unpaired) electrons. The molecule has 2 aliphatic rings. The van der Waals surface area contributed by atoms with Crippen molar-refractivity contribution < 1.29 is 13.6 Å². The van der Waals surface area contributed by atoms with Crippen LogP contribution in [0, 0.1) is 5.41 Å². The van der Waals surface area contributed by atoms with Crippen LogP contribution < -0.4 is 20.9 Å². The van der Waals surface area contributed by atoms with Crippen LogP contribution in [-0.2, 0) is 11.2 Å². The predicted molar refractivity (Wildman–Crippen MR) is 125 cm³/mol. The number of carbonyl (C=O) groups excluding carboxylic acids is 1. The number of fused-ring (bicyclic) bond motifs is 2. The summed E-state index contributed by atoms with van der Waals surface area (Å²) in [6, 6.07) is 8.95. The van der Waals surface area contributed by atoms with Crippen LogP contribution in [-0.4, -0.2) is 31.8 Å². The van der Waals surface area contributed by atoms with Crippen LogP contribution in [0.15, 0.2) is 36.5 Å². The molecule has 168 valence electrons. The van der Waals surface area contributed by atoms with E-state index in [1.807, 2.05) is 25.1 Å². The SMILES string of the molecule is CN/C=C(\C=N)c1cc2c(cc1C(F)F)N(c1cccc3c1NC(C)CC(=O)N3)CCC2. The molecule has 4 N–H and O–H groups in total. The Labute approximate surface area is 186 Å².